The molecule has 0 unspecified atom stereocenters. The van der Waals surface area contributed by atoms with E-state index in [2.05, 4.69) is 20.8 Å². The highest BCUT2D eigenvalue weighted by Gasteiger charge is 2.17. The number of hydrogen-bond donors (Lipinski definition) is 2. The number of carbonyl (C=O) groups excluding carboxylic acids is 1. The Hall–Kier alpha value is -2.28. The first-order valence-corrected chi connectivity index (χ1v) is 6.39. The molecule has 2 aromatic rings. The van der Waals surface area contributed by atoms with Crippen molar-refractivity contribution in [1.82, 2.24) is 20.2 Å². The average Bonchev–Trinajstić information content (AvgIpc) is 2.91. The zero-order valence-electron chi connectivity index (χ0n) is 11.7. The zero-order valence-corrected chi connectivity index (χ0v) is 11.7. The molecule has 0 aliphatic heterocycles. The maximum absolute atomic E-state index is 11.9. The third kappa shape index (κ3) is 3.00. The molecule has 0 spiro atoms. The van der Waals surface area contributed by atoms with Crippen LogP contribution < -0.4 is 11.1 Å². The fraction of sp³-hybridized carbons (Fsp3) is 0.385. The number of rotatable bonds is 4. The van der Waals surface area contributed by atoms with Gasteiger partial charge in [0.25, 0.3) is 0 Å². The molecule has 1 amide bonds. The molecule has 7 heteroatoms. The predicted molar refractivity (Wildman–Crippen MR) is 75.3 cm³/mol. The van der Waals surface area contributed by atoms with Crippen LogP contribution in [0.2, 0.25) is 0 Å². The molecule has 0 fully saturated rings. The molecule has 0 saturated heterocycles. The van der Waals surface area contributed by atoms with Crippen molar-refractivity contribution in [2.75, 3.05) is 5.32 Å². The van der Waals surface area contributed by atoms with Crippen molar-refractivity contribution in [2.45, 2.75) is 26.8 Å². The van der Waals surface area contributed by atoms with Crippen LogP contribution in [0, 0.1) is 12.8 Å². The van der Waals surface area contributed by atoms with Gasteiger partial charge >= 0.3 is 0 Å². The summed E-state index contributed by atoms with van der Waals surface area (Å²) in [5.41, 5.74) is 8.33. The molecule has 1 atom stereocenters. The van der Waals surface area contributed by atoms with Crippen LogP contribution in [0.25, 0.3) is 5.69 Å². The number of aryl methyl sites for hydroxylation is 1. The lowest BCUT2D eigenvalue weighted by Crippen LogP contribution is -2.39. The number of nitrogens with one attached hydrogen (secondary N) is 1. The molecule has 1 heterocycles. The van der Waals surface area contributed by atoms with Gasteiger partial charge in [0.1, 0.15) is 6.33 Å². The van der Waals surface area contributed by atoms with Gasteiger partial charge in [-0.2, -0.15) is 0 Å². The van der Waals surface area contributed by atoms with E-state index in [1.807, 2.05) is 32.9 Å². The lowest BCUT2D eigenvalue weighted by Gasteiger charge is -2.16. The van der Waals surface area contributed by atoms with Crippen LogP contribution in [0.3, 0.4) is 0 Å². The van der Waals surface area contributed by atoms with Crippen LogP contribution in [0.4, 0.5) is 5.69 Å². The van der Waals surface area contributed by atoms with Gasteiger partial charge in [0, 0.05) is 5.69 Å². The standard InChI is InChI=1S/C13H18N6O/c1-8(2)12(14)13(20)16-10-4-5-11(9(3)6-10)19-7-15-17-18-19/h4-8,12H,14H2,1-3H3,(H,16,20)/t12-/m0/s1. The molecular weight excluding hydrogens is 256 g/mol. The molecule has 106 valence electrons. The van der Waals surface area contributed by atoms with Gasteiger partial charge < -0.3 is 11.1 Å². The minimum Gasteiger partial charge on any atom is -0.325 e. The molecule has 3 N–H and O–H groups in total. The van der Waals surface area contributed by atoms with Crippen LogP contribution in [0.1, 0.15) is 19.4 Å². The Morgan fingerprint density at radius 1 is 1.40 bits per heavy atom. The normalized spacial score (nSPS) is 12.4. The molecule has 0 bridgehead atoms. The summed E-state index contributed by atoms with van der Waals surface area (Å²) in [5.74, 6) is -0.0915. The highest BCUT2D eigenvalue weighted by molar-refractivity contribution is 5.95. The molecule has 2 rings (SSSR count). The van der Waals surface area contributed by atoms with E-state index in [0.29, 0.717) is 5.69 Å². The quantitative estimate of drug-likeness (QED) is 0.862. The summed E-state index contributed by atoms with van der Waals surface area (Å²) < 4.78 is 1.57. The van der Waals surface area contributed by atoms with E-state index < -0.39 is 6.04 Å². The van der Waals surface area contributed by atoms with Crippen LogP contribution in [-0.4, -0.2) is 32.2 Å². The van der Waals surface area contributed by atoms with Gasteiger partial charge in [-0.05, 0) is 47.0 Å². The van der Waals surface area contributed by atoms with Crippen LogP contribution in [0.15, 0.2) is 24.5 Å². The van der Waals surface area contributed by atoms with Gasteiger partial charge in [0.15, 0.2) is 0 Å². The summed E-state index contributed by atoms with van der Waals surface area (Å²) in [6.07, 6.45) is 1.52. The molecule has 0 aliphatic rings. The highest BCUT2D eigenvalue weighted by Crippen LogP contribution is 2.18. The number of aromatic nitrogens is 4. The summed E-state index contributed by atoms with van der Waals surface area (Å²) in [6.45, 7) is 5.75. The topological polar surface area (TPSA) is 98.7 Å². The number of nitrogens with zero attached hydrogens (tertiary/aromatic N) is 4. The van der Waals surface area contributed by atoms with Gasteiger partial charge in [-0.15, -0.1) is 5.10 Å². The summed E-state index contributed by atoms with van der Waals surface area (Å²) in [4.78, 5) is 11.9. The Morgan fingerprint density at radius 3 is 2.70 bits per heavy atom. The van der Waals surface area contributed by atoms with E-state index in [-0.39, 0.29) is 11.8 Å². The Bertz CT molecular complexity index is 593. The number of hydrogen-bond acceptors (Lipinski definition) is 5. The Balaban J connectivity index is 2.16. The molecule has 0 saturated carbocycles. The first-order valence-electron chi connectivity index (χ1n) is 6.39. The minimum atomic E-state index is -0.519. The molecule has 7 nitrogen and oxygen atoms in total. The Labute approximate surface area is 117 Å². The van der Waals surface area contributed by atoms with Crippen molar-refractivity contribution in [3.05, 3.63) is 30.1 Å². The van der Waals surface area contributed by atoms with Crippen molar-refractivity contribution in [3.63, 3.8) is 0 Å². The lowest BCUT2D eigenvalue weighted by molar-refractivity contribution is -0.118. The first-order chi connectivity index (χ1) is 9.49. The van der Waals surface area contributed by atoms with Gasteiger partial charge in [-0.25, -0.2) is 4.68 Å². The number of amides is 1. The summed E-state index contributed by atoms with van der Waals surface area (Å²) in [5, 5.41) is 13.8. The van der Waals surface area contributed by atoms with Crippen molar-refractivity contribution < 1.29 is 4.79 Å². The number of carbonyl (C=O) groups is 1. The maximum atomic E-state index is 11.9. The largest absolute Gasteiger partial charge is 0.325 e. The van der Waals surface area contributed by atoms with E-state index in [1.54, 1.807) is 10.7 Å². The Kier molecular flexibility index (Phi) is 4.09. The zero-order chi connectivity index (χ0) is 14.7. The first kappa shape index (κ1) is 14.1. The molecule has 1 aromatic heterocycles. The van der Waals surface area contributed by atoms with Gasteiger partial charge in [0.2, 0.25) is 5.91 Å². The van der Waals surface area contributed by atoms with E-state index in [4.69, 9.17) is 5.73 Å². The van der Waals surface area contributed by atoms with E-state index in [0.717, 1.165) is 11.3 Å². The maximum Gasteiger partial charge on any atom is 0.241 e. The van der Waals surface area contributed by atoms with E-state index in [1.165, 1.54) is 6.33 Å². The minimum absolute atomic E-state index is 0.0941. The highest BCUT2D eigenvalue weighted by atomic mass is 16.2. The van der Waals surface area contributed by atoms with Gasteiger partial charge in [0.05, 0.1) is 11.7 Å². The van der Waals surface area contributed by atoms with Gasteiger partial charge in [-0.1, -0.05) is 13.8 Å². The molecule has 1 aromatic carbocycles. The molecule has 0 radical (unpaired) electrons. The predicted octanol–water partition coefficient (Wildman–Crippen LogP) is 0.893. The van der Waals surface area contributed by atoms with Crippen molar-refractivity contribution >= 4 is 11.6 Å². The fourth-order valence-corrected chi connectivity index (χ4v) is 1.79. The lowest BCUT2D eigenvalue weighted by atomic mass is 10.0. The summed E-state index contributed by atoms with van der Waals surface area (Å²) in [6, 6.07) is 4.99. The molecule has 20 heavy (non-hydrogen) atoms. The number of benzene rings is 1. The average molecular weight is 274 g/mol. The summed E-state index contributed by atoms with van der Waals surface area (Å²) in [7, 11) is 0. The fourth-order valence-electron chi connectivity index (χ4n) is 1.79. The van der Waals surface area contributed by atoms with Crippen LogP contribution >= 0.6 is 0 Å². The smallest absolute Gasteiger partial charge is 0.241 e. The van der Waals surface area contributed by atoms with E-state index in [9.17, 15) is 4.79 Å². The summed E-state index contributed by atoms with van der Waals surface area (Å²) >= 11 is 0. The third-order valence-corrected chi connectivity index (χ3v) is 3.08. The van der Waals surface area contributed by atoms with E-state index >= 15 is 0 Å². The van der Waals surface area contributed by atoms with Crippen molar-refractivity contribution in [2.24, 2.45) is 11.7 Å². The third-order valence-electron chi connectivity index (χ3n) is 3.08. The molecule has 0 aliphatic carbocycles. The van der Waals surface area contributed by atoms with Gasteiger partial charge in [-0.3, -0.25) is 4.79 Å². The monoisotopic (exact) mass is 274 g/mol. The van der Waals surface area contributed by atoms with Crippen LogP contribution in [-0.2, 0) is 4.79 Å². The second-order valence-electron chi connectivity index (χ2n) is 5.01. The molecular formula is C13H18N6O. The van der Waals surface area contributed by atoms with Crippen LogP contribution in [0.5, 0.6) is 0 Å². The second-order valence-corrected chi connectivity index (χ2v) is 5.01. The number of tetrazole rings is 1. The second kappa shape index (κ2) is 5.79. The van der Waals surface area contributed by atoms with Crippen molar-refractivity contribution in [3.8, 4) is 5.69 Å². The number of nitrogens with two attached hydrogens (primary N) is 1. The van der Waals surface area contributed by atoms with Crippen molar-refractivity contribution in [1.29, 1.82) is 0 Å². The SMILES string of the molecule is Cc1cc(NC(=O)[C@@H](N)C(C)C)ccc1-n1cnnn1. The number of anilines is 1. The Morgan fingerprint density at radius 2 is 2.15 bits per heavy atom.